The smallest absolute Gasteiger partial charge is 0.490 e. The van der Waals surface area contributed by atoms with Crippen molar-refractivity contribution in [2.24, 2.45) is 5.92 Å². The predicted octanol–water partition coefficient (Wildman–Crippen LogP) is 4.35. The van der Waals surface area contributed by atoms with Gasteiger partial charge in [-0.1, -0.05) is 32.4 Å². The van der Waals surface area contributed by atoms with Crippen LogP contribution in [0.3, 0.4) is 0 Å². The maximum Gasteiger partial charge on any atom is 0.494 e. The summed E-state index contributed by atoms with van der Waals surface area (Å²) in [7, 11) is -0.364. The molecule has 1 aromatic rings. The van der Waals surface area contributed by atoms with Crippen LogP contribution in [0.2, 0.25) is 0 Å². The van der Waals surface area contributed by atoms with Crippen LogP contribution in [0.25, 0.3) is 0 Å². The number of hydrogen-bond donors (Lipinski definition) is 0. The van der Waals surface area contributed by atoms with Gasteiger partial charge in [0.05, 0.1) is 6.10 Å². The van der Waals surface area contributed by atoms with E-state index in [2.05, 4.69) is 45.9 Å². The molecular weight excluding hydrogens is 287 g/mol. The van der Waals surface area contributed by atoms with E-state index in [4.69, 9.17) is 14.0 Å². The summed E-state index contributed by atoms with van der Waals surface area (Å²) in [4.78, 5) is 0. The molecule has 0 saturated carbocycles. The first-order chi connectivity index (χ1) is 10.7. The standard InChI is InChI=1S/C19H33BO3/c1-9-15(6)17(8)21-19-12-18(11-10-16(19)7)20(22-13(2)3)23-14(4)5/h10-15,17H,9H2,1-8H3. The van der Waals surface area contributed by atoms with Gasteiger partial charge in [0.15, 0.2) is 0 Å². The molecule has 0 aromatic heterocycles. The minimum absolute atomic E-state index is 0.100. The van der Waals surface area contributed by atoms with Crippen molar-refractivity contribution in [2.45, 2.75) is 80.1 Å². The lowest BCUT2D eigenvalue weighted by Crippen LogP contribution is -2.41. The average Bonchev–Trinajstić information content (AvgIpc) is 2.46. The maximum atomic E-state index is 6.19. The molecule has 1 rings (SSSR count). The van der Waals surface area contributed by atoms with Gasteiger partial charge in [-0.15, -0.1) is 0 Å². The van der Waals surface area contributed by atoms with Crippen molar-refractivity contribution in [2.75, 3.05) is 0 Å². The highest BCUT2D eigenvalue weighted by atomic mass is 16.6. The van der Waals surface area contributed by atoms with Crippen molar-refractivity contribution in [3.05, 3.63) is 23.8 Å². The monoisotopic (exact) mass is 320 g/mol. The number of benzene rings is 1. The molecule has 2 atom stereocenters. The molecule has 0 heterocycles. The lowest BCUT2D eigenvalue weighted by atomic mass is 9.77. The summed E-state index contributed by atoms with van der Waals surface area (Å²) in [6.07, 6.45) is 1.49. The third-order valence-corrected chi connectivity index (χ3v) is 4.03. The Labute approximate surface area is 142 Å². The normalized spacial score (nSPS) is 14.2. The lowest BCUT2D eigenvalue weighted by Gasteiger charge is -2.24. The van der Waals surface area contributed by atoms with Crippen molar-refractivity contribution in [1.82, 2.24) is 0 Å². The van der Waals surface area contributed by atoms with Gasteiger partial charge in [0.1, 0.15) is 5.75 Å². The maximum absolute atomic E-state index is 6.19. The van der Waals surface area contributed by atoms with Crippen molar-refractivity contribution in [3.63, 3.8) is 0 Å². The second kappa shape index (κ2) is 9.34. The van der Waals surface area contributed by atoms with Crippen LogP contribution in [0, 0.1) is 12.8 Å². The van der Waals surface area contributed by atoms with E-state index in [1.54, 1.807) is 0 Å². The highest BCUT2D eigenvalue weighted by molar-refractivity contribution is 6.61. The van der Waals surface area contributed by atoms with E-state index in [1.807, 2.05) is 27.7 Å². The largest absolute Gasteiger partial charge is 0.494 e. The summed E-state index contributed by atoms with van der Waals surface area (Å²) in [5, 5.41) is 0. The molecule has 0 aliphatic heterocycles. The van der Waals surface area contributed by atoms with E-state index in [9.17, 15) is 0 Å². The van der Waals surface area contributed by atoms with Gasteiger partial charge in [0, 0.05) is 12.2 Å². The first-order valence-electron chi connectivity index (χ1n) is 8.82. The first-order valence-corrected chi connectivity index (χ1v) is 8.82. The molecule has 0 spiro atoms. The third-order valence-electron chi connectivity index (χ3n) is 4.03. The SMILES string of the molecule is CCC(C)C(C)Oc1cc(B(OC(C)C)OC(C)C)ccc1C. The summed E-state index contributed by atoms with van der Waals surface area (Å²) in [5.41, 5.74) is 2.14. The van der Waals surface area contributed by atoms with Crippen LogP contribution in [0.15, 0.2) is 18.2 Å². The molecule has 0 saturated heterocycles. The van der Waals surface area contributed by atoms with Crippen molar-refractivity contribution >= 4 is 12.6 Å². The Morgan fingerprint density at radius 3 is 2.00 bits per heavy atom. The second-order valence-electron chi connectivity index (χ2n) is 6.94. The Kier molecular flexibility index (Phi) is 8.14. The zero-order valence-electron chi connectivity index (χ0n) is 16.1. The van der Waals surface area contributed by atoms with Crippen molar-refractivity contribution in [3.8, 4) is 5.75 Å². The molecule has 0 bridgehead atoms. The van der Waals surface area contributed by atoms with Crippen LogP contribution in [-0.2, 0) is 9.31 Å². The minimum atomic E-state index is -0.364. The van der Waals surface area contributed by atoms with Gasteiger partial charge in [0.25, 0.3) is 0 Å². The van der Waals surface area contributed by atoms with Crippen molar-refractivity contribution in [1.29, 1.82) is 0 Å². The molecule has 2 unspecified atom stereocenters. The Hall–Kier alpha value is -0.995. The molecule has 0 aliphatic carbocycles. The van der Waals surface area contributed by atoms with Crippen LogP contribution in [0.1, 0.15) is 60.5 Å². The summed E-state index contributed by atoms with van der Waals surface area (Å²) in [5.74, 6) is 1.44. The molecule has 3 nitrogen and oxygen atoms in total. The number of hydrogen-bond acceptors (Lipinski definition) is 3. The summed E-state index contributed by atoms with van der Waals surface area (Å²) in [6, 6.07) is 6.20. The van der Waals surface area contributed by atoms with E-state index in [-0.39, 0.29) is 25.4 Å². The fourth-order valence-electron chi connectivity index (χ4n) is 2.22. The van der Waals surface area contributed by atoms with Crippen LogP contribution < -0.4 is 10.2 Å². The molecule has 0 radical (unpaired) electrons. The molecule has 4 heteroatoms. The Morgan fingerprint density at radius 1 is 0.957 bits per heavy atom. The fraction of sp³-hybridized carbons (Fsp3) is 0.684. The minimum Gasteiger partial charge on any atom is -0.490 e. The van der Waals surface area contributed by atoms with Crippen LogP contribution >= 0.6 is 0 Å². The van der Waals surface area contributed by atoms with Gasteiger partial charge in [-0.3, -0.25) is 0 Å². The molecule has 0 aliphatic rings. The third kappa shape index (κ3) is 6.56. The van der Waals surface area contributed by atoms with E-state index in [0.717, 1.165) is 23.2 Å². The second-order valence-corrected chi connectivity index (χ2v) is 6.94. The van der Waals surface area contributed by atoms with Gasteiger partial charge in [0.2, 0.25) is 0 Å². The van der Waals surface area contributed by atoms with Crippen LogP contribution in [-0.4, -0.2) is 25.4 Å². The zero-order chi connectivity index (χ0) is 17.6. The first kappa shape index (κ1) is 20.1. The highest BCUT2D eigenvalue weighted by Crippen LogP contribution is 2.21. The summed E-state index contributed by atoms with van der Waals surface area (Å²) >= 11 is 0. The van der Waals surface area contributed by atoms with Gasteiger partial charge < -0.3 is 14.0 Å². The quantitative estimate of drug-likeness (QED) is 0.633. The van der Waals surface area contributed by atoms with Gasteiger partial charge in [-0.05, 0) is 64.6 Å². The molecule has 0 N–H and O–H groups in total. The van der Waals surface area contributed by atoms with E-state index in [0.29, 0.717) is 5.92 Å². The molecule has 130 valence electrons. The number of aryl methyl sites for hydroxylation is 1. The zero-order valence-corrected chi connectivity index (χ0v) is 16.1. The van der Waals surface area contributed by atoms with E-state index in [1.165, 1.54) is 0 Å². The van der Waals surface area contributed by atoms with Crippen LogP contribution in [0.5, 0.6) is 5.75 Å². The lowest BCUT2D eigenvalue weighted by molar-refractivity contribution is 0.138. The molecule has 0 fully saturated rings. The van der Waals surface area contributed by atoms with Gasteiger partial charge in [-0.2, -0.15) is 0 Å². The molecule has 1 aromatic carbocycles. The van der Waals surface area contributed by atoms with Crippen LogP contribution in [0.4, 0.5) is 0 Å². The Balaban J connectivity index is 3.00. The highest BCUT2D eigenvalue weighted by Gasteiger charge is 2.25. The topological polar surface area (TPSA) is 27.7 Å². The molecule has 0 amide bonds. The van der Waals surface area contributed by atoms with E-state index >= 15 is 0 Å². The predicted molar refractivity (Wildman–Crippen MR) is 98.6 cm³/mol. The number of ether oxygens (including phenoxy) is 1. The van der Waals surface area contributed by atoms with Gasteiger partial charge >= 0.3 is 7.12 Å². The van der Waals surface area contributed by atoms with Gasteiger partial charge in [-0.25, -0.2) is 0 Å². The molecule has 23 heavy (non-hydrogen) atoms. The Bertz CT molecular complexity index is 464. The summed E-state index contributed by atoms with van der Waals surface area (Å²) in [6.45, 7) is 16.7. The fourth-order valence-corrected chi connectivity index (χ4v) is 2.22. The summed E-state index contributed by atoms with van der Waals surface area (Å²) < 4.78 is 18.1. The van der Waals surface area contributed by atoms with Crippen molar-refractivity contribution < 1.29 is 14.0 Å². The van der Waals surface area contributed by atoms with E-state index < -0.39 is 0 Å². The number of rotatable bonds is 9. The Morgan fingerprint density at radius 2 is 1.52 bits per heavy atom. The average molecular weight is 320 g/mol. The molecular formula is C19H33BO3.